The van der Waals surface area contributed by atoms with E-state index in [0.29, 0.717) is 5.92 Å². The average molecular weight is 198 g/mol. The van der Waals surface area contributed by atoms with Gasteiger partial charge in [0.25, 0.3) is 0 Å². The molecule has 0 radical (unpaired) electrons. The van der Waals surface area contributed by atoms with Crippen LogP contribution in [0.1, 0.15) is 46.0 Å². The van der Waals surface area contributed by atoms with Gasteiger partial charge >= 0.3 is 0 Å². The smallest absolute Gasteiger partial charge is 0.239 e. The molecule has 0 aromatic rings. The minimum absolute atomic E-state index is 0.0388. The number of amides is 1. The van der Waals surface area contributed by atoms with Crippen molar-refractivity contribution >= 4 is 5.91 Å². The van der Waals surface area contributed by atoms with Crippen LogP contribution in [-0.2, 0) is 4.79 Å². The summed E-state index contributed by atoms with van der Waals surface area (Å²) in [5.74, 6) is 0.637. The van der Waals surface area contributed by atoms with Crippen molar-refractivity contribution in [3.8, 4) is 0 Å². The van der Waals surface area contributed by atoms with Gasteiger partial charge in [0.1, 0.15) is 0 Å². The lowest BCUT2D eigenvalue weighted by Crippen LogP contribution is -2.50. The van der Waals surface area contributed by atoms with E-state index in [9.17, 15) is 4.79 Å². The average Bonchev–Trinajstić information content (AvgIpc) is 2.14. The fourth-order valence-corrected chi connectivity index (χ4v) is 1.86. The number of nitrogens with one attached hydrogen (secondary N) is 1. The molecule has 1 rings (SSSR count). The Kier molecular flexibility index (Phi) is 3.93. The number of carbonyl (C=O) groups is 1. The summed E-state index contributed by atoms with van der Waals surface area (Å²) in [5, 5.41) is 2.93. The molecule has 1 saturated carbocycles. The lowest BCUT2D eigenvalue weighted by atomic mass is 9.89. The van der Waals surface area contributed by atoms with E-state index in [2.05, 4.69) is 5.32 Å². The third-order valence-corrected chi connectivity index (χ3v) is 2.86. The Morgan fingerprint density at radius 3 is 2.43 bits per heavy atom. The molecule has 0 saturated heterocycles. The van der Waals surface area contributed by atoms with Crippen molar-refractivity contribution in [3.63, 3.8) is 0 Å². The largest absolute Gasteiger partial charge is 0.354 e. The Balaban J connectivity index is 2.22. The molecule has 3 nitrogen and oxygen atoms in total. The van der Waals surface area contributed by atoms with Crippen molar-refractivity contribution in [1.82, 2.24) is 5.32 Å². The molecule has 1 amide bonds. The van der Waals surface area contributed by atoms with Crippen LogP contribution in [0.4, 0.5) is 0 Å². The van der Waals surface area contributed by atoms with Crippen LogP contribution in [-0.4, -0.2) is 18.0 Å². The predicted octanol–water partition coefficient (Wildman–Crippen LogP) is 1.42. The van der Waals surface area contributed by atoms with Crippen molar-refractivity contribution in [1.29, 1.82) is 0 Å². The van der Waals surface area contributed by atoms with Crippen molar-refractivity contribution < 1.29 is 4.79 Å². The summed E-state index contributed by atoms with van der Waals surface area (Å²) in [5.41, 5.74) is 4.94. The van der Waals surface area contributed by atoms with Crippen LogP contribution in [0.5, 0.6) is 0 Å². The van der Waals surface area contributed by atoms with Crippen molar-refractivity contribution in [2.24, 2.45) is 11.7 Å². The summed E-state index contributed by atoms with van der Waals surface area (Å²) in [6.07, 6.45) is 6.49. The van der Waals surface area contributed by atoms with Crippen molar-refractivity contribution in [3.05, 3.63) is 0 Å². The molecule has 14 heavy (non-hydrogen) atoms. The van der Waals surface area contributed by atoms with E-state index in [1.54, 1.807) is 13.8 Å². The zero-order chi connectivity index (χ0) is 10.6. The first-order chi connectivity index (χ1) is 6.50. The van der Waals surface area contributed by atoms with E-state index in [1.165, 1.54) is 32.1 Å². The lowest BCUT2D eigenvalue weighted by Gasteiger charge is -2.24. The molecule has 1 aliphatic carbocycles. The number of hydrogen-bond donors (Lipinski definition) is 2. The molecule has 0 bridgehead atoms. The Morgan fingerprint density at radius 2 is 1.93 bits per heavy atom. The third-order valence-electron chi connectivity index (χ3n) is 2.86. The minimum Gasteiger partial charge on any atom is -0.354 e. The SMILES string of the molecule is CC(C)(N)C(=O)NCC1CCCCC1. The first kappa shape index (κ1) is 11.5. The molecule has 0 heterocycles. The van der Waals surface area contributed by atoms with E-state index in [-0.39, 0.29) is 5.91 Å². The normalized spacial score (nSPS) is 19.4. The quantitative estimate of drug-likeness (QED) is 0.720. The lowest BCUT2D eigenvalue weighted by molar-refractivity contribution is -0.125. The summed E-state index contributed by atoms with van der Waals surface area (Å²) >= 11 is 0. The third kappa shape index (κ3) is 3.66. The monoisotopic (exact) mass is 198 g/mol. The highest BCUT2D eigenvalue weighted by Gasteiger charge is 2.22. The number of rotatable bonds is 3. The Hall–Kier alpha value is -0.570. The predicted molar refractivity (Wildman–Crippen MR) is 57.9 cm³/mol. The van der Waals surface area contributed by atoms with Crippen molar-refractivity contribution in [2.75, 3.05) is 6.54 Å². The molecule has 0 unspecified atom stereocenters. The highest BCUT2D eigenvalue weighted by atomic mass is 16.2. The van der Waals surface area contributed by atoms with Gasteiger partial charge in [0.15, 0.2) is 0 Å². The molecule has 1 aliphatic rings. The van der Waals surface area contributed by atoms with Gasteiger partial charge in [-0.05, 0) is 32.6 Å². The minimum atomic E-state index is -0.741. The molecule has 3 N–H and O–H groups in total. The highest BCUT2D eigenvalue weighted by molar-refractivity contribution is 5.84. The zero-order valence-electron chi connectivity index (χ0n) is 9.31. The summed E-state index contributed by atoms with van der Waals surface area (Å²) in [6, 6.07) is 0. The summed E-state index contributed by atoms with van der Waals surface area (Å²) < 4.78 is 0. The molecule has 82 valence electrons. The molecule has 0 aliphatic heterocycles. The maximum absolute atomic E-state index is 11.5. The van der Waals surface area contributed by atoms with Crippen LogP contribution in [0.15, 0.2) is 0 Å². The zero-order valence-corrected chi connectivity index (χ0v) is 9.31. The molecule has 1 fully saturated rings. The Morgan fingerprint density at radius 1 is 1.36 bits per heavy atom. The molecule has 0 atom stereocenters. The van der Waals surface area contributed by atoms with E-state index >= 15 is 0 Å². The van der Waals surface area contributed by atoms with Crippen LogP contribution in [0.3, 0.4) is 0 Å². The molecule has 0 aromatic carbocycles. The van der Waals surface area contributed by atoms with Gasteiger partial charge in [0.05, 0.1) is 5.54 Å². The van der Waals surface area contributed by atoms with E-state index in [0.717, 1.165) is 6.54 Å². The molecular formula is C11H22N2O. The summed E-state index contributed by atoms with van der Waals surface area (Å²) in [6.45, 7) is 4.28. The molecule has 0 spiro atoms. The van der Waals surface area contributed by atoms with Gasteiger partial charge in [0, 0.05) is 6.54 Å². The maximum Gasteiger partial charge on any atom is 0.239 e. The van der Waals surface area contributed by atoms with Crippen molar-refractivity contribution in [2.45, 2.75) is 51.5 Å². The summed E-state index contributed by atoms with van der Waals surface area (Å²) in [4.78, 5) is 11.5. The second kappa shape index (κ2) is 4.78. The second-order valence-electron chi connectivity index (χ2n) is 4.94. The highest BCUT2D eigenvalue weighted by Crippen LogP contribution is 2.22. The van der Waals surface area contributed by atoms with Gasteiger partial charge < -0.3 is 11.1 Å². The van der Waals surface area contributed by atoms with Crippen LogP contribution in [0, 0.1) is 5.92 Å². The number of carbonyl (C=O) groups excluding carboxylic acids is 1. The van der Waals surface area contributed by atoms with Gasteiger partial charge in [-0.2, -0.15) is 0 Å². The van der Waals surface area contributed by atoms with Gasteiger partial charge in [-0.3, -0.25) is 4.79 Å². The van der Waals surface area contributed by atoms with Gasteiger partial charge in [-0.1, -0.05) is 19.3 Å². The molecular weight excluding hydrogens is 176 g/mol. The molecule has 0 aromatic heterocycles. The fourth-order valence-electron chi connectivity index (χ4n) is 1.86. The standard InChI is InChI=1S/C11H22N2O/c1-11(2,12)10(14)13-8-9-6-4-3-5-7-9/h9H,3-8,12H2,1-2H3,(H,13,14). The van der Waals surface area contributed by atoms with Gasteiger partial charge in [-0.25, -0.2) is 0 Å². The first-order valence-electron chi connectivity index (χ1n) is 5.57. The second-order valence-corrected chi connectivity index (χ2v) is 4.94. The maximum atomic E-state index is 11.5. The number of nitrogens with two attached hydrogens (primary N) is 1. The van der Waals surface area contributed by atoms with Crippen LogP contribution in [0.2, 0.25) is 0 Å². The van der Waals surface area contributed by atoms with Crippen LogP contribution >= 0.6 is 0 Å². The number of hydrogen-bond acceptors (Lipinski definition) is 2. The summed E-state index contributed by atoms with van der Waals surface area (Å²) in [7, 11) is 0. The van der Waals surface area contributed by atoms with E-state index < -0.39 is 5.54 Å². The Labute approximate surface area is 86.4 Å². The molecule has 3 heteroatoms. The first-order valence-corrected chi connectivity index (χ1v) is 5.57. The topological polar surface area (TPSA) is 55.1 Å². The Bertz CT molecular complexity index is 190. The fraction of sp³-hybridized carbons (Fsp3) is 0.909. The van der Waals surface area contributed by atoms with Gasteiger partial charge in [-0.15, -0.1) is 0 Å². The van der Waals surface area contributed by atoms with E-state index in [1.807, 2.05) is 0 Å². The van der Waals surface area contributed by atoms with Gasteiger partial charge in [0.2, 0.25) is 5.91 Å². The van der Waals surface area contributed by atoms with E-state index in [4.69, 9.17) is 5.73 Å². The van der Waals surface area contributed by atoms with Crippen LogP contribution < -0.4 is 11.1 Å². The van der Waals surface area contributed by atoms with Crippen LogP contribution in [0.25, 0.3) is 0 Å².